The highest BCUT2D eigenvalue weighted by Crippen LogP contribution is 2.16. The molecule has 1 rings (SSSR count). The smallest absolute Gasteiger partial charge is 0.281 e. The second-order valence-corrected chi connectivity index (χ2v) is 3.57. The van der Waals surface area contributed by atoms with Crippen LogP contribution in [0.4, 0.5) is 4.79 Å². The van der Waals surface area contributed by atoms with E-state index in [0.29, 0.717) is 13.0 Å². The van der Waals surface area contributed by atoms with Crippen molar-refractivity contribution in [1.29, 1.82) is 0 Å². The van der Waals surface area contributed by atoms with Gasteiger partial charge in [0.05, 0.1) is 0 Å². The van der Waals surface area contributed by atoms with Crippen molar-refractivity contribution in [2.75, 3.05) is 25.9 Å². The van der Waals surface area contributed by atoms with Crippen LogP contribution in [-0.4, -0.2) is 41.9 Å². The average molecular weight is 188 g/mol. The van der Waals surface area contributed by atoms with Gasteiger partial charge >= 0.3 is 0 Å². The first kappa shape index (κ1) is 9.38. The zero-order valence-corrected chi connectivity index (χ0v) is 7.82. The Balaban J connectivity index is 2.22. The third kappa shape index (κ3) is 2.41. The summed E-state index contributed by atoms with van der Waals surface area (Å²) in [6.07, 6.45) is 0.406. The number of thioether (sulfide) groups is 1. The van der Waals surface area contributed by atoms with E-state index in [1.165, 1.54) is 11.8 Å². The molecule has 1 fully saturated rings. The van der Waals surface area contributed by atoms with Gasteiger partial charge in [0, 0.05) is 32.3 Å². The predicted octanol–water partition coefficient (Wildman–Crippen LogP) is 0.291. The first-order valence-electron chi connectivity index (χ1n) is 3.86. The number of amides is 2. The number of nitrogens with zero attached hydrogens (tertiary/aromatic N) is 1. The second kappa shape index (κ2) is 4.35. The van der Waals surface area contributed by atoms with Crippen LogP contribution in [0.5, 0.6) is 0 Å². The summed E-state index contributed by atoms with van der Waals surface area (Å²) in [4.78, 5) is 23.6. The van der Waals surface area contributed by atoms with Crippen LogP contribution < -0.4 is 5.32 Å². The molecule has 0 radical (unpaired) electrons. The fourth-order valence-electron chi connectivity index (χ4n) is 0.990. The van der Waals surface area contributed by atoms with Crippen molar-refractivity contribution in [2.24, 2.45) is 0 Å². The zero-order valence-electron chi connectivity index (χ0n) is 7.00. The Morgan fingerprint density at radius 3 is 3.00 bits per heavy atom. The topological polar surface area (TPSA) is 49.4 Å². The predicted molar refractivity (Wildman–Crippen MR) is 48.1 cm³/mol. The minimum absolute atomic E-state index is 0.0142. The van der Waals surface area contributed by atoms with E-state index in [9.17, 15) is 9.59 Å². The van der Waals surface area contributed by atoms with Crippen molar-refractivity contribution in [3.63, 3.8) is 0 Å². The summed E-state index contributed by atoms with van der Waals surface area (Å²) in [6, 6.07) is 0. The molecule has 1 N–H and O–H groups in total. The number of rotatable bonds is 3. The minimum Gasteiger partial charge on any atom is -0.359 e. The second-order valence-electron chi connectivity index (χ2n) is 2.52. The van der Waals surface area contributed by atoms with Crippen LogP contribution in [0, 0.1) is 0 Å². The molecule has 68 valence electrons. The van der Waals surface area contributed by atoms with Crippen LogP contribution in [0.2, 0.25) is 0 Å². The quantitative estimate of drug-likeness (QED) is 0.692. The van der Waals surface area contributed by atoms with Crippen LogP contribution in [0.1, 0.15) is 6.42 Å². The molecule has 1 heterocycles. The molecule has 4 nitrogen and oxygen atoms in total. The molecule has 12 heavy (non-hydrogen) atoms. The van der Waals surface area contributed by atoms with E-state index in [-0.39, 0.29) is 11.1 Å². The van der Waals surface area contributed by atoms with Gasteiger partial charge in [-0.2, -0.15) is 0 Å². The lowest BCUT2D eigenvalue weighted by molar-refractivity contribution is -0.120. The molecule has 0 atom stereocenters. The van der Waals surface area contributed by atoms with Gasteiger partial charge in [0.2, 0.25) is 5.91 Å². The van der Waals surface area contributed by atoms with Crippen molar-refractivity contribution in [3.8, 4) is 0 Å². The molecule has 0 aliphatic carbocycles. The van der Waals surface area contributed by atoms with Crippen molar-refractivity contribution in [3.05, 3.63) is 0 Å². The normalized spacial score (nSPS) is 16.8. The Morgan fingerprint density at radius 1 is 1.75 bits per heavy atom. The standard InChI is InChI=1S/C7H12N2O2S/c1-8-6(10)2-3-9-4-5-12-7(9)11/h2-5H2,1H3,(H,8,10). The Morgan fingerprint density at radius 2 is 2.50 bits per heavy atom. The zero-order chi connectivity index (χ0) is 8.97. The number of carbonyl (C=O) groups excluding carboxylic acids is 2. The van der Waals surface area contributed by atoms with E-state index in [2.05, 4.69) is 5.32 Å². The van der Waals surface area contributed by atoms with E-state index in [1.54, 1.807) is 11.9 Å². The molecule has 0 aromatic carbocycles. The summed E-state index contributed by atoms with van der Waals surface area (Å²) in [5.41, 5.74) is 0. The third-order valence-electron chi connectivity index (χ3n) is 1.73. The third-order valence-corrected chi connectivity index (χ3v) is 2.62. The fraction of sp³-hybridized carbons (Fsp3) is 0.714. The van der Waals surface area contributed by atoms with Crippen LogP contribution in [0.3, 0.4) is 0 Å². The Kier molecular flexibility index (Phi) is 3.40. The summed E-state index contributed by atoms with van der Waals surface area (Å²) in [6.45, 7) is 1.33. The molecular weight excluding hydrogens is 176 g/mol. The van der Waals surface area contributed by atoms with Gasteiger partial charge in [0.15, 0.2) is 0 Å². The number of nitrogens with one attached hydrogen (secondary N) is 1. The maximum absolute atomic E-state index is 11.0. The van der Waals surface area contributed by atoms with Crippen LogP contribution in [0.25, 0.3) is 0 Å². The Hall–Kier alpha value is -0.710. The summed E-state index contributed by atoms with van der Waals surface area (Å²) < 4.78 is 0. The van der Waals surface area contributed by atoms with E-state index in [1.807, 2.05) is 0 Å². The van der Waals surface area contributed by atoms with Crippen molar-refractivity contribution in [2.45, 2.75) is 6.42 Å². The molecule has 0 saturated carbocycles. The van der Waals surface area contributed by atoms with Crippen LogP contribution in [0.15, 0.2) is 0 Å². The number of carbonyl (C=O) groups is 2. The monoisotopic (exact) mass is 188 g/mol. The first-order chi connectivity index (χ1) is 5.74. The molecule has 0 unspecified atom stereocenters. The van der Waals surface area contributed by atoms with Crippen molar-refractivity contribution in [1.82, 2.24) is 10.2 Å². The van der Waals surface area contributed by atoms with Gasteiger partial charge in [-0.05, 0) is 0 Å². The average Bonchev–Trinajstić information content (AvgIpc) is 2.47. The summed E-state index contributed by atoms with van der Waals surface area (Å²) in [5.74, 6) is 0.840. The molecule has 1 aliphatic rings. The van der Waals surface area contributed by atoms with E-state index < -0.39 is 0 Å². The van der Waals surface area contributed by atoms with Gasteiger partial charge in [-0.25, -0.2) is 0 Å². The van der Waals surface area contributed by atoms with Gasteiger partial charge < -0.3 is 10.2 Å². The van der Waals surface area contributed by atoms with Crippen molar-refractivity contribution < 1.29 is 9.59 Å². The van der Waals surface area contributed by atoms with Gasteiger partial charge in [0.1, 0.15) is 0 Å². The molecule has 0 aromatic rings. The molecule has 0 spiro atoms. The SMILES string of the molecule is CNC(=O)CCN1CCSC1=O. The molecule has 1 saturated heterocycles. The molecule has 0 aromatic heterocycles. The van der Waals surface area contributed by atoms with E-state index >= 15 is 0 Å². The fourth-order valence-corrected chi connectivity index (χ4v) is 1.84. The lowest BCUT2D eigenvalue weighted by Gasteiger charge is -2.12. The number of hydrogen-bond acceptors (Lipinski definition) is 3. The minimum atomic E-state index is -0.0142. The number of hydrogen-bond donors (Lipinski definition) is 1. The molecule has 1 aliphatic heterocycles. The maximum atomic E-state index is 11.0. The lowest BCUT2D eigenvalue weighted by Crippen LogP contribution is -2.29. The maximum Gasteiger partial charge on any atom is 0.281 e. The first-order valence-corrected chi connectivity index (χ1v) is 4.85. The summed E-state index contributed by atoms with van der Waals surface area (Å²) in [5, 5.41) is 2.62. The van der Waals surface area contributed by atoms with Gasteiger partial charge in [-0.3, -0.25) is 9.59 Å². The summed E-state index contributed by atoms with van der Waals surface area (Å²) in [7, 11) is 1.60. The molecule has 5 heteroatoms. The van der Waals surface area contributed by atoms with Crippen LogP contribution >= 0.6 is 11.8 Å². The highest BCUT2D eigenvalue weighted by Gasteiger charge is 2.20. The van der Waals surface area contributed by atoms with Crippen molar-refractivity contribution >= 4 is 22.9 Å². The Bertz CT molecular complexity index is 196. The van der Waals surface area contributed by atoms with Gasteiger partial charge in [-0.15, -0.1) is 0 Å². The summed E-state index contributed by atoms with van der Waals surface area (Å²) >= 11 is 1.32. The largest absolute Gasteiger partial charge is 0.359 e. The highest BCUT2D eigenvalue weighted by molar-refractivity contribution is 8.13. The van der Waals surface area contributed by atoms with Gasteiger partial charge in [0.25, 0.3) is 5.24 Å². The van der Waals surface area contributed by atoms with E-state index in [0.717, 1.165) is 12.3 Å². The lowest BCUT2D eigenvalue weighted by atomic mass is 10.4. The Labute approximate surface area is 75.7 Å². The van der Waals surface area contributed by atoms with Crippen LogP contribution in [-0.2, 0) is 4.79 Å². The van der Waals surface area contributed by atoms with E-state index in [4.69, 9.17) is 0 Å². The molecule has 2 amide bonds. The van der Waals surface area contributed by atoms with Gasteiger partial charge in [-0.1, -0.05) is 11.8 Å². The molecular formula is C7H12N2O2S. The highest BCUT2D eigenvalue weighted by atomic mass is 32.2. The molecule has 0 bridgehead atoms.